The van der Waals surface area contributed by atoms with Crippen LogP contribution in [-0.2, 0) is 13.5 Å². The lowest BCUT2D eigenvalue weighted by Crippen LogP contribution is -2.23. The number of aromatic nitrogens is 2. The summed E-state index contributed by atoms with van der Waals surface area (Å²) >= 11 is 3.59. The first-order valence-electron chi connectivity index (χ1n) is 5.93. The van der Waals surface area contributed by atoms with E-state index in [1.54, 1.807) is 0 Å². The monoisotopic (exact) mass is 287 g/mol. The molecule has 0 aliphatic rings. The summed E-state index contributed by atoms with van der Waals surface area (Å²) in [6.07, 6.45) is 3.52. The lowest BCUT2D eigenvalue weighted by Gasteiger charge is -2.07. The number of rotatable bonds is 6. The molecule has 0 saturated heterocycles. The number of unbranched alkanes of at least 4 members (excludes halogenated alkanes) is 1. The van der Waals surface area contributed by atoms with Crippen molar-refractivity contribution >= 4 is 15.9 Å². The Bertz CT molecular complexity index is 331. The zero-order valence-corrected chi connectivity index (χ0v) is 12.3. The van der Waals surface area contributed by atoms with E-state index in [1.807, 2.05) is 18.7 Å². The average Bonchev–Trinajstić information content (AvgIpc) is 2.43. The van der Waals surface area contributed by atoms with E-state index in [9.17, 15) is 0 Å². The molecule has 1 N–H and O–H groups in total. The van der Waals surface area contributed by atoms with Gasteiger partial charge in [0, 0.05) is 13.1 Å². The molecule has 1 aromatic heterocycles. The number of halogens is 1. The maximum atomic E-state index is 4.39. The Morgan fingerprint density at radius 1 is 1.38 bits per heavy atom. The molecule has 0 aliphatic carbocycles. The van der Waals surface area contributed by atoms with Gasteiger partial charge < -0.3 is 5.32 Å². The summed E-state index contributed by atoms with van der Waals surface area (Å²) < 4.78 is 3.15. The van der Waals surface area contributed by atoms with Gasteiger partial charge in [-0.2, -0.15) is 5.10 Å². The van der Waals surface area contributed by atoms with Crippen LogP contribution in [0.15, 0.2) is 4.47 Å². The summed E-state index contributed by atoms with van der Waals surface area (Å²) in [7, 11) is 2.01. The number of aryl methyl sites for hydroxylation is 2. The summed E-state index contributed by atoms with van der Waals surface area (Å²) in [6, 6.07) is 0.589. The standard InChI is InChI=1S/C12H22BrN3/c1-9(2)14-8-6-5-7-11-12(13)10(3)15-16(11)4/h9,14H,5-8H2,1-4H3. The van der Waals surface area contributed by atoms with Crippen LogP contribution in [0.2, 0.25) is 0 Å². The zero-order chi connectivity index (χ0) is 12.1. The van der Waals surface area contributed by atoms with Crippen molar-refractivity contribution in [2.45, 2.75) is 46.1 Å². The number of hydrogen-bond acceptors (Lipinski definition) is 2. The maximum Gasteiger partial charge on any atom is 0.0738 e. The van der Waals surface area contributed by atoms with Gasteiger partial charge >= 0.3 is 0 Å². The number of hydrogen-bond donors (Lipinski definition) is 1. The molecule has 4 heteroatoms. The minimum Gasteiger partial charge on any atom is -0.315 e. The van der Waals surface area contributed by atoms with Crippen LogP contribution in [-0.4, -0.2) is 22.4 Å². The number of nitrogens with zero attached hydrogens (tertiary/aromatic N) is 2. The van der Waals surface area contributed by atoms with Crippen molar-refractivity contribution in [2.75, 3.05) is 6.54 Å². The van der Waals surface area contributed by atoms with E-state index >= 15 is 0 Å². The van der Waals surface area contributed by atoms with E-state index in [-0.39, 0.29) is 0 Å². The van der Waals surface area contributed by atoms with Crippen molar-refractivity contribution in [3.05, 3.63) is 15.9 Å². The van der Waals surface area contributed by atoms with Gasteiger partial charge in [-0.05, 0) is 48.7 Å². The molecule has 1 rings (SSSR count). The predicted octanol–water partition coefficient (Wildman–Crippen LogP) is 2.81. The van der Waals surface area contributed by atoms with Gasteiger partial charge in [0.2, 0.25) is 0 Å². The molecule has 1 aromatic rings. The van der Waals surface area contributed by atoms with Gasteiger partial charge in [0.05, 0.1) is 15.9 Å². The van der Waals surface area contributed by atoms with E-state index < -0.39 is 0 Å². The molecule has 16 heavy (non-hydrogen) atoms. The third kappa shape index (κ3) is 3.91. The van der Waals surface area contributed by atoms with Gasteiger partial charge in [0.15, 0.2) is 0 Å². The fourth-order valence-corrected chi connectivity index (χ4v) is 2.29. The molecule has 0 radical (unpaired) electrons. The van der Waals surface area contributed by atoms with Crippen molar-refractivity contribution in [2.24, 2.45) is 7.05 Å². The molecule has 0 saturated carbocycles. The zero-order valence-electron chi connectivity index (χ0n) is 10.7. The Morgan fingerprint density at radius 2 is 2.06 bits per heavy atom. The SMILES string of the molecule is Cc1nn(C)c(CCCCNC(C)C)c1Br. The van der Waals surface area contributed by atoms with E-state index in [1.165, 1.54) is 23.0 Å². The second-order valence-electron chi connectivity index (χ2n) is 4.54. The van der Waals surface area contributed by atoms with Crippen molar-refractivity contribution in [1.29, 1.82) is 0 Å². The first kappa shape index (κ1) is 13.7. The van der Waals surface area contributed by atoms with Gasteiger partial charge in [-0.3, -0.25) is 4.68 Å². The molecule has 0 spiro atoms. The molecule has 3 nitrogen and oxygen atoms in total. The predicted molar refractivity (Wildman–Crippen MR) is 71.7 cm³/mol. The highest BCUT2D eigenvalue weighted by atomic mass is 79.9. The molecule has 0 atom stereocenters. The van der Waals surface area contributed by atoms with Crippen LogP contribution in [0.25, 0.3) is 0 Å². The van der Waals surface area contributed by atoms with E-state index in [0.29, 0.717) is 6.04 Å². The topological polar surface area (TPSA) is 29.9 Å². The first-order chi connectivity index (χ1) is 7.52. The van der Waals surface area contributed by atoms with Crippen LogP contribution in [0.4, 0.5) is 0 Å². The molecule has 0 bridgehead atoms. The highest BCUT2D eigenvalue weighted by Crippen LogP contribution is 2.21. The van der Waals surface area contributed by atoms with Gasteiger partial charge in [0.1, 0.15) is 0 Å². The fourth-order valence-electron chi connectivity index (χ4n) is 1.76. The summed E-state index contributed by atoms with van der Waals surface area (Å²) in [5.41, 5.74) is 2.39. The van der Waals surface area contributed by atoms with Gasteiger partial charge in [0.25, 0.3) is 0 Å². The summed E-state index contributed by atoms with van der Waals surface area (Å²) in [6.45, 7) is 7.50. The molecular weight excluding hydrogens is 266 g/mol. The molecule has 0 amide bonds. The first-order valence-corrected chi connectivity index (χ1v) is 6.73. The quantitative estimate of drug-likeness (QED) is 0.816. The molecule has 0 unspecified atom stereocenters. The normalized spacial score (nSPS) is 11.4. The lowest BCUT2D eigenvalue weighted by atomic mass is 10.2. The van der Waals surface area contributed by atoms with E-state index in [2.05, 4.69) is 40.2 Å². The van der Waals surface area contributed by atoms with E-state index in [4.69, 9.17) is 0 Å². The molecule has 0 aromatic carbocycles. The molecule has 1 heterocycles. The highest BCUT2D eigenvalue weighted by Gasteiger charge is 2.09. The largest absolute Gasteiger partial charge is 0.315 e. The Hall–Kier alpha value is -0.350. The van der Waals surface area contributed by atoms with Crippen molar-refractivity contribution < 1.29 is 0 Å². The maximum absolute atomic E-state index is 4.39. The van der Waals surface area contributed by atoms with Crippen LogP contribution < -0.4 is 5.32 Å². The van der Waals surface area contributed by atoms with Gasteiger partial charge in [-0.25, -0.2) is 0 Å². The third-order valence-electron chi connectivity index (χ3n) is 2.65. The summed E-state index contributed by atoms with van der Waals surface area (Å²) in [5.74, 6) is 0. The molecule has 92 valence electrons. The second-order valence-corrected chi connectivity index (χ2v) is 5.33. The Balaban J connectivity index is 2.32. The molecule has 0 fully saturated rings. The molecule has 0 aliphatic heterocycles. The smallest absolute Gasteiger partial charge is 0.0738 e. The molecular formula is C12H22BrN3. The van der Waals surface area contributed by atoms with Crippen molar-refractivity contribution in [3.8, 4) is 0 Å². The van der Waals surface area contributed by atoms with Gasteiger partial charge in [-0.1, -0.05) is 13.8 Å². The van der Waals surface area contributed by atoms with Crippen LogP contribution >= 0.6 is 15.9 Å². The Morgan fingerprint density at radius 3 is 2.56 bits per heavy atom. The minimum absolute atomic E-state index is 0.589. The lowest BCUT2D eigenvalue weighted by molar-refractivity contribution is 0.551. The Labute approximate surface area is 107 Å². The van der Waals surface area contributed by atoms with Crippen molar-refractivity contribution in [3.63, 3.8) is 0 Å². The van der Waals surface area contributed by atoms with Crippen LogP contribution in [0.1, 0.15) is 38.1 Å². The van der Waals surface area contributed by atoms with Gasteiger partial charge in [-0.15, -0.1) is 0 Å². The minimum atomic E-state index is 0.589. The van der Waals surface area contributed by atoms with Crippen LogP contribution in [0, 0.1) is 6.92 Å². The van der Waals surface area contributed by atoms with Crippen LogP contribution in [0.3, 0.4) is 0 Å². The number of nitrogens with one attached hydrogen (secondary N) is 1. The summed E-state index contributed by atoms with van der Waals surface area (Å²) in [4.78, 5) is 0. The summed E-state index contributed by atoms with van der Waals surface area (Å²) in [5, 5.41) is 7.82. The van der Waals surface area contributed by atoms with E-state index in [0.717, 1.165) is 18.7 Å². The fraction of sp³-hybridized carbons (Fsp3) is 0.750. The highest BCUT2D eigenvalue weighted by molar-refractivity contribution is 9.10. The Kier molecular flexibility index (Phi) is 5.49. The third-order valence-corrected chi connectivity index (χ3v) is 3.69. The van der Waals surface area contributed by atoms with Crippen LogP contribution in [0.5, 0.6) is 0 Å². The average molecular weight is 288 g/mol. The second kappa shape index (κ2) is 6.40. The van der Waals surface area contributed by atoms with Crippen molar-refractivity contribution in [1.82, 2.24) is 15.1 Å².